The summed E-state index contributed by atoms with van der Waals surface area (Å²) in [6.45, 7) is 1.92. The van der Waals surface area contributed by atoms with Crippen LogP contribution in [0.25, 0.3) is 0 Å². The summed E-state index contributed by atoms with van der Waals surface area (Å²) in [7, 11) is 1.69. The standard InChI is InChI=1S/C23H32N4O5/c1-14(24-2)20(28)26-18-9-4-3-8-17-10-11-19(27(17)22(18)30)21(29)25-13-15-6-5-7-16(12-15)23(31)32/h5-7,12,14,17-19,24H,3-4,8-11,13H2,1-2H3,(H,25,29)(H,26,28)(H,31,32)/t14-,17-,18-,19-/m0/s1. The summed E-state index contributed by atoms with van der Waals surface area (Å²) in [5.74, 6) is -1.71. The van der Waals surface area contributed by atoms with E-state index in [4.69, 9.17) is 5.11 Å². The number of hydrogen-bond acceptors (Lipinski definition) is 5. The van der Waals surface area contributed by atoms with Crippen molar-refractivity contribution in [3.63, 3.8) is 0 Å². The Labute approximate surface area is 187 Å². The van der Waals surface area contributed by atoms with Gasteiger partial charge in [0, 0.05) is 12.6 Å². The zero-order valence-corrected chi connectivity index (χ0v) is 18.6. The lowest BCUT2D eigenvalue weighted by molar-refractivity contribution is -0.144. The summed E-state index contributed by atoms with van der Waals surface area (Å²) in [5.41, 5.74) is 0.837. The van der Waals surface area contributed by atoms with Crippen LogP contribution in [0.1, 0.15) is 61.4 Å². The quantitative estimate of drug-likeness (QED) is 0.497. The molecule has 1 aromatic rings. The van der Waals surface area contributed by atoms with Crippen LogP contribution in [-0.2, 0) is 20.9 Å². The summed E-state index contributed by atoms with van der Waals surface area (Å²) >= 11 is 0. The molecule has 2 aliphatic heterocycles. The first kappa shape index (κ1) is 23.7. The number of carboxylic acid groups (broad SMARTS) is 1. The van der Waals surface area contributed by atoms with Gasteiger partial charge in [0.15, 0.2) is 0 Å². The number of carbonyl (C=O) groups is 4. The maximum Gasteiger partial charge on any atom is 0.335 e. The highest BCUT2D eigenvalue weighted by Crippen LogP contribution is 2.31. The second-order valence-corrected chi connectivity index (χ2v) is 8.57. The Morgan fingerprint density at radius 1 is 1.16 bits per heavy atom. The van der Waals surface area contributed by atoms with E-state index in [1.54, 1.807) is 31.0 Å². The minimum Gasteiger partial charge on any atom is -0.478 e. The number of likely N-dealkylation sites (N-methyl/N-ethyl adjacent to an activating group) is 1. The van der Waals surface area contributed by atoms with E-state index in [1.807, 2.05) is 0 Å². The SMILES string of the molecule is CN[C@@H](C)C(=O)N[C@H]1CCCC[C@H]2CC[C@@H](C(=O)NCc3cccc(C(=O)O)c3)N2C1=O. The van der Waals surface area contributed by atoms with E-state index < -0.39 is 24.1 Å². The lowest BCUT2D eigenvalue weighted by atomic mass is 9.98. The largest absolute Gasteiger partial charge is 0.478 e. The molecule has 1 aromatic carbocycles. The zero-order valence-electron chi connectivity index (χ0n) is 18.6. The van der Waals surface area contributed by atoms with Gasteiger partial charge in [0.1, 0.15) is 12.1 Å². The Kier molecular flexibility index (Phi) is 7.84. The second kappa shape index (κ2) is 10.6. The number of hydrogen-bond donors (Lipinski definition) is 4. The highest BCUT2D eigenvalue weighted by atomic mass is 16.4. The van der Waals surface area contributed by atoms with E-state index in [0.29, 0.717) is 18.4 Å². The molecular weight excluding hydrogens is 412 g/mol. The first-order chi connectivity index (χ1) is 15.3. The Morgan fingerprint density at radius 3 is 2.62 bits per heavy atom. The Balaban J connectivity index is 1.69. The lowest BCUT2D eigenvalue weighted by Gasteiger charge is -2.35. The minimum absolute atomic E-state index is 0.00462. The van der Waals surface area contributed by atoms with Crippen molar-refractivity contribution in [3.05, 3.63) is 35.4 Å². The first-order valence-electron chi connectivity index (χ1n) is 11.2. The van der Waals surface area contributed by atoms with E-state index >= 15 is 0 Å². The molecule has 2 aliphatic rings. The fourth-order valence-corrected chi connectivity index (χ4v) is 4.47. The number of fused-ring (bicyclic) bond motifs is 1. The Morgan fingerprint density at radius 2 is 1.91 bits per heavy atom. The number of benzene rings is 1. The van der Waals surface area contributed by atoms with Gasteiger partial charge in [0.25, 0.3) is 0 Å². The maximum absolute atomic E-state index is 13.4. The summed E-state index contributed by atoms with van der Waals surface area (Å²) in [6, 6.07) is 4.76. The molecule has 0 unspecified atom stereocenters. The third-order valence-electron chi connectivity index (χ3n) is 6.42. The zero-order chi connectivity index (χ0) is 23.3. The Bertz CT molecular complexity index is 874. The molecule has 32 heavy (non-hydrogen) atoms. The number of nitrogens with one attached hydrogen (secondary N) is 3. The highest BCUT2D eigenvalue weighted by molar-refractivity contribution is 5.93. The molecule has 4 atom stereocenters. The highest BCUT2D eigenvalue weighted by Gasteiger charge is 2.43. The summed E-state index contributed by atoms with van der Waals surface area (Å²) < 4.78 is 0. The molecule has 0 spiro atoms. The van der Waals surface area contributed by atoms with Gasteiger partial charge in [-0.25, -0.2) is 4.79 Å². The molecule has 9 heteroatoms. The second-order valence-electron chi connectivity index (χ2n) is 8.57. The van der Waals surface area contributed by atoms with Crippen molar-refractivity contribution < 1.29 is 24.3 Å². The molecule has 174 valence electrons. The van der Waals surface area contributed by atoms with Gasteiger partial charge < -0.3 is 26.0 Å². The van der Waals surface area contributed by atoms with Crippen LogP contribution >= 0.6 is 0 Å². The number of aromatic carboxylic acids is 1. The molecule has 9 nitrogen and oxygen atoms in total. The fourth-order valence-electron chi connectivity index (χ4n) is 4.47. The third-order valence-corrected chi connectivity index (χ3v) is 6.42. The van der Waals surface area contributed by atoms with Crippen LogP contribution in [0, 0.1) is 0 Å². The van der Waals surface area contributed by atoms with Crippen LogP contribution in [0.5, 0.6) is 0 Å². The van der Waals surface area contributed by atoms with E-state index in [-0.39, 0.29) is 35.9 Å². The Hall–Kier alpha value is -2.94. The summed E-state index contributed by atoms with van der Waals surface area (Å²) in [4.78, 5) is 51.6. The minimum atomic E-state index is -1.02. The van der Waals surface area contributed by atoms with Crippen molar-refractivity contribution in [3.8, 4) is 0 Å². The van der Waals surface area contributed by atoms with Crippen LogP contribution in [-0.4, -0.2) is 64.9 Å². The molecular formula is C23H32N4O5. The number of carboxylic acids is 1. The topological polar surface area (TPSA) is 128 Å². The number of amides is 3. The first-order valence-corrected chi connectivity index (χ1v) is 11.2. The third kappa shape index (κ3) is 5.45. The maximum atomic E-state index is 13.4. The number of carbonyl (C=O) groups excluding carboxylic acids is 3. The van der Waals surface area contributed by atoms with Crippen molar-refractivity contribution in [2.75, 3.05) is 7.05 Å². The van der Waals surface area contributed by atoms with Crippen LogP contribution in [0.4, 0.5) is 0 Å². The van der Waals surface area contributed by atoms with Crippen molar-refractivity contribution in [2.45, 2.75) is 76.2 Å². The number of nitrogens with zero attached hydrogens (tertiary/aromatic N) is 1. The van der Waals surface area contributed by atoms with Gasteiger partial charge in [0.05, 0.1) is 11.6 Å². The molecule has 0 bridgehead atoms. The van der Waals surface area contributed by atoms with Crippen LogP contribution in [0.2, 0.25) is 0 Å². The van der Waals surface area contributed by atoms with Crippen LogP contribution in [0.3, 0.4) is 0 Å². The molecule has 0 saturated carbocycles. The molecule has 3 rings (SSSR count). The average Bonchev–Trinajstić information content (AvgIpc) is 3.20. The molecule has 2 fully saturated rings. The molecule has 0 aliphatic carbocycles. The van der Waals surface area contributed by atoms with Gasteiger partial charge in [-0.3, -0.25) is 14.4 Å². The predicted molar refractivity (Wildman–Crippen MR) is 118 cm³/mol. The van der Waals surface area contributed by atoms with Gasteiger partial charge in [0.2, 0.25) is 17.7 Å². The van der Waals surface area contributed by atoms with E-state index in [9.17, 15) is 19.2 Å². The van der Waals surface area contributed by atoms with Gasteiger partial charge in [-0.2, -0.15) is 0 Å². The lowest BCUT2D eigenvalue weighted by Crippen LogP contribution is -2.57. The number of rotatable bonds is 7. The molecule has 2 heterocycles. The molecule has 2 saturated heterocycles. The van der Waals surface area contributed by atoms with E-state index in [2.05, 4.69) is 16.0 Å². The molecule has 4 N–H and O–H groups in total. The van der Waals surface area contributed by atoms with Gasteiger partial charge in [-0.1, -0.05) is 25.0 Å². The van der Waals surface area contributed by atoms with Crippen LogP contribution < -0.4 is 16.0 Å². The summed E-state index contributed by atoms with van der Waals surface area (Å²) in [6.07, 6.45) is 4.53. The van der Waals surface area contributed by atoms with Gasteiger partial charge in [-0.15, -0.1) is 0 Å². The average molecular weight is 445 g/mol. The smallest absolute Gasteiger partial charge is 0.335 e. The fraction of sp³-hybridized carbons (Fsp3) is 0.565. The summed E-state index contributed by atoms with van der Waals surface area (Å²) in [5, 5.41) is 17.7. The molecule has 0 radical (unpaired) electrons. The normalized spacial score (nSPS) is 24.1. The van der Waals surface area contributed by atoms with E-state index in [1.165, 1.54) is 12.1 Å². The van der Waals surface area contributed by atoms with Crippen LogP contribution in [0.15, 0.2) is 24.3 Å². The van der Waals surface area contributed by atoms with Crippen molar-refractivity contribution in [1.82, 2.24) is 20.9 Å². The van der Waals surface area contributed by atoms with Crippen molar-refractivity contribution in [2.24, 2.45) is 0 Å². The van der Waals surface area contributed by atoms with Gasteiger partial charge >= 0.3 is 5.97 Å². The predicted octanol–water partition coefficient (Wildman–Crippen LogP) is 1.03. The molecule has 3 amide bonds. The van der Waals surface area contributed by atoms with Gasteiger partial charge in [-0.05, 0) is 57.4 Å². The van der Waals surface area contributed by atoms with Crippen molar-refractivity contribution in [1.29, 1.82) is 0 Å². The van der Waals surface area contributed by atoms with Crippen molar-refractivity contribution >= 4 is 23.7 Å². The molecule has 0 aromatic heterocycles. The van der Waals surface area contributed by atoms with E-state index in [0.717, 1.165) is 25.7 Å². The monoisotopic (exact) mass is 444 g/mol.